The number of hydrogen-bond donors (Lipinski definition) is 3. The summed E-state index contributed by atoms with van der Waals surface area (Å²) in [6.45, 7) is 1.49. The highest BCUT2D eigenvalue weighted by Crippen LogP contribution is 2.41. The third-order valence-electron chi connectivity index (χ3n) is 5.72. The van der Waals surface area contributed by atoms with Crippen molar-refractivity contribution in [2.75, 3.05) is 20.5 Å². The summed E-state index contributed by atoms with van der Waals surface area (Å²) in [6, 6.07) is 12.3. The van der Waals surface area contributed by atoms with Crippen molar-refractivity contribution in [2.45, 2.75) is 31.4 Å². The van der Waals surface area contributed by atoms with Crippen LogP contribution in [0.1, 0.15) is 26.2 Å². The summed E-state index contributed by atoms with van der Waals surface area (Å²) in [4.78, 5) is 0. The highest BCUT2D eigenvalue weighted by atomic mass is 127. The van der Waals surface area contributed by atoms with Crippen LogP contribution >= 0.6 is 22.6 Å². The van der Waals surface area contributed by atoms with Crippen LogP contribution in [-0.4, -0.2) is 27.8 Å². The summed E-state index contributed by atoms with van der Waals surface area (Å²) in [5.74, 6) is -1.58. The van der Waals surface area contributed by atoms with Crippen LogP contribution < -0.4 is 19.5 Å². The minimum atomic E-state index is -3.85. The van der Waals surface area contributed by atoms with Gasteiger partial charge in [0.2, 0.25) is 20.0 Å². The first-order valence-corrected chi connectivity index (χ1v) is 15.6. The molecule has 0 spiro atoms. The van der Waals surface area contributed by atoms with E-state index < -0.39 is 36.9 Å². The van der Waals surface area contributed by atoms with Crippen LogP contribution in [0.3, 0.4) is 0 Å². The van der Waals surface area contributed by atoms with Crippen molar-refractivity contribution >= 4 is 65.4 Å². The van der Waals surface area contributed by atoms with Gasteiger partial charge >= 0.3 is 0 Å². The molecule has 4 rings (SSSR count). The Kier molecular flexibility index (Phi) is 8.14. The van der Waals surface area contributed by atoms with Gasteiger partial charge in [0.1, 0.15) is 23.1 Å². The third kappa shape index (κ3) is 6.82. The number of hydrogen-bond acceptors (Lipinski definition) is 6. The van der Waals surface area contributed by atoms with Crippen LogP contribution in [0.5, 0.6) is 11.5 Å². The molecule has 0 bridgehead atoms. The number of nitrogens with one attached hydrogen (secondary N) is 3. The van der Waals surface area contributed by atoms with Gasteiger partial charge in [0, 0.05) is 15.7 Å². The van der Waals surface area contributed by atoms with E-state index in [1.54, 1.807) is 6.07 Å². The highest BCUT2D eigenvalue weighted by molar-refractivity contribution is 14.1. The van der Waals surface area contributed by atoms with E-state index in [0.29, 0.717) is 16.4 Å². The van der Waals surface area contributed by atoms with Crippen LogP contribution in [-0.2, 0) is 20.0 Å². The van der Waals surface area contributed by atoms with E-state index in [9.17, 15) is 25.6 Å². The van der Waals surface area contributed by atoms with E-state index in [1.165, 1.54) is 43.3 Å². The second kappa shape index (κ2) is 11.0. The molecule has 1 fully saturated rings. The average molecular weight is 664 g/mol. The van der Waals surface area contributed by atoms with Crippen molar-refractivity contribution in [1.29, 1.82) is 0 Å². The summed E-state index contributed by atoms with van der Waals surface area (Å²) < 4.78 is 90.5. The van der Waals surface area contributed by atoms with Gasteiger partial charge in [-0.3, -0.25) is 9.44 Å². The Balaban J connectivity index is 1.75. The minimum absolute atomic E-state index is 0.0111. The first kappa shape index (κ1) is 27.4. The lowest BCUT2D eigenvalue weighted by molar-refractivity contribution is 0.474. The van der Waals surface area contributed by atoms with Crippen LogP contribution in [0.15, 0.2) is 54.6 Å². The predicted octanol–water partition coefficient (Wildman–Crippen LogP) is 6.16. The molecule has 0 saturated heterocycles. The molecule has 1 aliphatic rings. The summed E-state index contributed by atoms with van der Waals surface area (Å²) in [5, 5.41) is 2.15. The van der Waals surface area contributed by atoms with E-state index >= 15 is 0 Å². The maximum atomic E-state index is 14.7. The van der Waals surface area contributed by atoms with Crippen molar-refractivity contribution in [3.63, 3.8) is 0 Å². The van der Waals surface area contributed by atoms with Gasteiger partial charge in [0.15, 0.2) is 5.75 Å². The molecule has 1 aliphatic carbocycles. The van der Waals surface area contributed by atoms with Crippen molar-refractivity contribution in [3.05, 3.63) is 69.8 Å². The summed E-state index contributed by atoms with van der Waals surface area (Å²) in [5.41, 5.74) is 0.0651. The maximum Gasteiger partial charge on any atom is 0.235 e. The quantitative estimate of drug-likeness (QED) is 0.224. The lowest BCUT2D eigenvalue weighted by atomic mass is 10.0. The van der Waals surface area contributed by atoms with Crippen LogP contribution in [0, 0.1) is 15.2 Å². The molecule has 8 nitrogen and oxygen atoms in total. The van der Waals surface area contributed by atoms with Gasteiger partial charge < -0.3 is 10.1 Å². The Bertz CT molecular complexity index is 1530. The average Bonchev–Trinajstić information content (AvgIpc) is 2.76. The molecular weight excluding hydrogens is 639 g/mol. The molecule has 0 atom stereocenters. The topological polar surface area (TPSA) is 114 Å². The zero-order valence-corrected chi connectivity index (χ0v) is 23.4. The molecule has 1 saturated carbocycles. The van der Waals surface area contributed by atoms with Crippen LogP contribution in [0.4, 0.5) is 31.5 Å². The molecule has 0 heterocycles. The summed E-state index contributed by atoms with van der Waals surface area (Å²) in [6.07, 6.45) is 1.75. The normalized spacial score (nSPS) is 14.1. The summed E-state index contributed by atoms with van der Waals surface area (Å²) >= 11 is 1.95. The molecule has 37 heavy (non-hydrogen) atoms. The van der Waals surface area contributed by atoms with Gasteiger partial charge in [-0.2, -0.15) is 0 Å². The smallest absolute Gasteiger partial charge is 0.235 e. The molecule has 0 radical (unpaired) electrons. The van der Waals surface area contributed by atoms with E-state index in [2.05, 4.69) is 14.8 Å². The van der Waals surface area contributed by atoms with Gasteiger partial charge in [-0.25, -0.2) is 25.6 Å². The molecule has 198 valence electrons. The van der Waals surface area contributed by atoms with Gasteiger partial charge in [0.25, 0.3) is 0 Å². The molecule has 3 N–H and O–H groups in total. The fraction of sp³-hybridized carbons (Fsp3) is 0.250. The second-order valence-corrected chi connectivity index (χ2v) is 13.6. The molecular formula is C24H24F2IN3O5S2. The molecule has 0 amide bonds. The Morgan fingerprint density at radius 2 is 1.73 bits per heavy atom. The zero-order valence-electron chi connectivity index (χ0n) is 19.6. The predicted molar refractivity (Wildman–Crippen MR) is 149 cm³/mol. The molecule has 0 aromatic heterocycles. The van der Waals surface area contributed by atoms with Gasteiger partial charge in [-0.1, -0.05) is 12.5 Å². The largest absolute Gasteiger partial charge is 0.455 e. The van der Waals surface area contributed by atoms with E-state index in [0.717, 1.165) is 18.6 Å². The lowest BCUT2D eigenvalue weighted by Crippen LogP contribution is -2.33. The first-order chi connectivity index (χ1) is 17.5. The minimum Gasteiger partial charge on any atom is -0.455 e. The van der Waals surface area contributed by atoms with Gasteiger partial charge in [-0.05, 0) is 78.8 Å². The standard InChI is InChI=1S/C24H24F2IN3O5S2/c1-2-36(31,32)29-17-5-3-6-18(14-17)35-23-12-15(25)11-22(28-21-10-9-16(27)13-20(21)26)24(23)30-37(33,34)19-7-4-8-19/h3,5-6,9-14,19,28-30H,2,4,7-8H2,1H3. The molecule has 3 aromatic rings. The Labute approximate surface area is 228 Å². The number of halogens is 3. The molecule has 3 aromatic carbocycles. The number of sulfonamides is 2. The molecule has 13 heteroatoms. The van der Waals surface area contributed by atoms with Crippen molar-refractivity contribution in [1.82, 2.24) is 0 Å². The number of rotatable bonds is 10. The van der Waals surface area contributed by atoms with E-state index in [1.807, 2.05) is 22.6 Å². The number of anilines is 4. The fourth-order valence-corrected chi connectivity index (χ4v) is 6.21. The Hall–Kier alpha value is -2.65. The Morgan fingerprint density at radius 1 is 0.973 bits per heavy atom. The maximum absolute atomic E-state index is 14.7. The first-order valence-electron chi connectivity index (χ1n) is 11.3. The van der Waals surface area contributed by atoms with E-state index in [4.69, 9.17) is 4.74 Å². The van der Waals surface area contributed by atoms with Gasteiger partial charge in [0.05, 0.1) is 28.1 Å². The van der Waals surface area contributed by atoms with E-state index in [-0.39, 0.29) is 40.0 Å². The number of ether oxygens (including phenoxy) is 1. The Morgan fingerprint density at radius 3 is 2.38 bits per heavy atom. The van der Waals surface area contributed by atoms with Crippen LogP contribution in [0.2, 0.25) is 0 Å². The molecule has 0 aliphatic heterocycles. The summed E-state index contributed by atoms with van der Waals surface area (Å²) in [7, 11) is -7.41. The SMILES string of the molecule is CCS(=O)(=O)Nc1cccc(Oc2cc(F)cc(Nc3ccc(I)cc3F)c2NS(=O)(=O)C2CCC2)c1. The van der Waals surface area contributed by atoms with Crippen LogP contribution in [0.25, 0.3) is 0 Å². The van der Waals surface area contributed by atoms with Gasteiger partial charge in [-0.15, -0.1) is 0 Å². The van der Waals surface area contributed by atoms with Crippen molar-refractivity contribution < 1.29 is 30.4 Å². The molecule has 0 unspecified atom stereocenters. The third-order valence-corrected chi connectivity index (χ3v) is 9.53. The lowest BCUT2D eigenvalue weighted by Gasteiger charge is -2.27. The number of benzene rings is 3. The van der Waals surface area contributed by atoms with Crippen molar-refractivity contribution in [2.24, 2.45) is 0 Å². The highest BCUT2D eigenvalue weighted by Gasteiger charge is 2.33. The fourth-order valence-electron chi connectivity index (χ4n) is 3.51. The zero-order chi connectivity index (χ0) is 26.8. The second-order valence-electron chi connectivity index (χ2n) is 8.41. The van der Waals surface area contributed by atoms with Crippen molar-refractivity contribution in [3.8, 4) is 11.5 Å². The monoisotopic (exact) mass is 663 g/mol.